The fraction of sp³-hybridized carbons (Fsp3) is 0.385. The van der Waals surface area contributed by atoms with Crippen LogP contribution in [0.3, 0.4) is 0 Å². The van der Waals surface area contributed by atoms with Crippen LogP contribution in [0.2, 0.25) is 0 Å². The van der Waals surface area contributed by atoms with Gasteiger partial charge in [-0.15, -0.1) is 0 Å². The molecule has 2 aromatic heterocycles. The molecule has 7 heteroatoms. The Bertz CT molecular complexity index is 623. The van der Waals surface area contributed by atoms with Crippen molar-refractivity contribution in [3.63, 3.8) is 0 Å². The standard InChI is InChI=1S/C13H16N4O3/c1-2-4-9(13(19)20)7-15-12(18)10-8-16-17-6-3-5-14-11(10)17/h3,5-6,8-9H,2,4,7H2,1H3,(H,15,18)(H,19,20). The van der Waals surface area contributed by atoms with E-state index in [1.54, 1.807) is 18.5 Å². The lowest BCUT2D eigenvalue weighted by Gasteiger charge is -2.11. The maximum atomic E-state index is 12.1. The van der Waals surface area contributed by atoms with Gasteiger partial charge in [-0.05, 0) is 12.5 Å². The first-order valence-corrected chi connectivity index (χ1v) is 6.42. The molecule has 2 heterocycles. The van der Waals surface area contributed by atoms with Crippen LogP contribution in [0, 0.1) is 5.92 Å². The van der Waals surface area contributed by atoms with E-state index in [4.69, 9.17) is 5.11 Å². The van der Waals surface area contributed by atoms with Crippen molar-refractivity contribution < 1.29 is 14.7 Å². The molecule has 0 fully saturated rings. The van der Waals surface area contributed by atoms with E-state index < -0.39 is 11.9 Å². The summed E-state index contributed by atoms with van der Waals surface area (Å²) in [6.45, 7) is 2.01. The minimum Gasteiger partial charge on any atom is -0.481 e. The van der Waals surface area contributed by atoms with Crippen LogP contribution in [-0.4, -0.2) is 38.1 Å². The molecule has 0 aliphatic rings. The third-order valence-electron chi connectivity index (χ3n) is 3.02. The number of nitrogens with zero attached hydrogens (tertiary/aromatic N) is 3. The molecule has 1 atom stereocenters. The molecule has 20 heavy (non-hydrogen) atoms. The molecule has 0 saturated carbocycles. The van der Waals surface area contributed by atoms with E-state index in [0.29, 0.717) is 17.6 Å². The number of aromatic nitrogens is 3. The van der Waals surface area contributed by atoms with Gasteiger partial charge in [0.25, 0.3) is 5.91 Å². The number of carbonyl (C=O) groups is 2. The van der Waals surface area contributed by atoms with E-state index in [2.05, 4.69) is 15.4 Å². The number of amides is 1. The van der Waals surface area contributed by atoms with Crippen molar-refractivity contribution in [3.8, 4) is 0 Å². The predicted octanol–water partition coefficient (Wildman–Crippen LogP) is 0.960. The number of rotatable bonds is 6. The first-order chi connectivity index (χ1) is 9.63. The van der Waals surface area contributed by atoms with Crippen molar-refractivity contribution in [1.29, 1.82) is 0 Å². The number of fused-ring (bicyclic) bond motifs is 1. The van der Waals surface area contributed by atoms with Crippen LogP contribution in [0.4, 0.5) is 0 Å². The predicted molar refractivity (Wildman–Crippen MR) is 71.4 cm³/mol. The Labute approximate surface area is 115 Å². The van der Waals surface area contributed by atoms with Crippen molar-refractivity contribution in [3.05, 3.63) is 30.2 Å². The first kappa shape index (κ1) is 14.0. The fourth-order valence-electron chi connectivity index (χ4n) is 1.96. The van der Waals surface area contributed by atoms with Crippen LogP contribution in [-0.2, 0) is 4.79 Å². The Morgan fingerprint density at radius 1 is 1.50 bits per heavy atom. The lowest BCUT2D eigenvalue weighted by Crippen LogP contribution is -2.32. The summed E-state index contributed by atoms with van der Waals surface area (Å²) in [5.74, 6) is -1.83. The van der Waals surface area contributed by atoms with E-state index >= 15 is 0 Å². The second kappa shape index (κ2) is 6.14. The average molecular weight is 276 g/mol. The summed E-state index contributed by atoms with van der Waals surface area (Å²) in [5.41, 5.74) is 0.790. The first-order valence-electron chi connectivity index (χ1n) is 6.42. The number of aliphatic carboxylic acids is 1. The van der Waals surface area contributed by atoms with Crippen LogP contribution in [0.15, 0.2) is 24.7 Å². The minimum absolute atomic E-state index is 0.103. The molecule has 0 aliphatic heterocycles. The van der Waals surface area contributed by atoms with Crippen LogP contribution in [0.5, 0.6) is 0 Å². The van der Waals surface area contributed by atoms with E-state index in [1.807, 2.05) is 6.92 Å². The van der Waals surface area contributed by atoms with Gasteiger partial charge < -0.3 is 10.4 Å². The highest BCUT2D eigenvalue weighted by Crippen LogP contribution is 2.08. The SMILES string of the molecule is CCCC(CNC(=O)c1cnn2cccnc12)C(=O)O. The van der Waals surface area contributed by atoms with Crippen molar-refractivity contribution >= 4 is 17.5 Å². The lowest BCUT2D eigenvalue weighted by molar-refractivity contribution is -0.141. The summed E-state index contributed by atoms with van der Waals surface area (Å²) < 4.78 is 1.50. The number of carbonyl (C=O) groups excluding carboxylic acids is 1. The Balaban J connectivity index is 2.06. The number of hydrogen-bond acceptors (Lipinski definition) is 4. The molecule has 1 amide bonds. The molecule has 0 aromatic carbocycles. The minimum atomic E-state index is -0.898. The highest BCUT2D eigenvalue weighted by molar-refractivity contribution is 5.99. The number of carboxylic acids is 1. The van der Waals surface area contributed by atoms with Gasteiger partial charge in [0.05, 0.1) is 12.1 Å². The third-order valence-corrected chi connectivity index (χ3v) is 3.02. The normalized spacial score (nSPS) is 12.2. The molecule has 0 bridgehead atoms. The van der Waals surface area contributed by atoms with Crippen LogP contribution in [0.25, 0.3) is 5.65 Å². The smallest absolute Gasteiger partial charge is 0.308 e. The zero-order chi connectivity index (χ0) is 14.5. The molecular formula is C13H16N4O3. The van der Waals surface area contributed by atoms with Gasteiger partial charge in [-0.2, -0.15) is 5.10 Å². The molecule has 106 valence electrons. The van der Waals surface area contributed by atoms with Crippen LogP contribution in [0.1, 0.15) is 30.1 Å². The Morgan fingerprint density at radius 2 is 2.30 bits per heavy atom. The summed E-state index contributed by atoms with van der Waals surface area (Å²) in [4.78, 5) is 27.2. The highest BCUT2D eigenvalue weighted by Gasteiger charge is 2.19. The fourth-order valence-corrected chi connectivity index (χ4v) is 1.96. The highest BCUT2D eigenvalue weighted by atomic mass is 16.4. The van der Waals surface area contributed by atoms with Gasteiger partial charge in [-0.25, -0.2) is 9.50 Å². The monoisotopic (exact) mass is 276 g/mol. The maximum Gasteiger partial charge on any atom is 0.308 e. The van der Waals surface area contributed by atoms with E-state index in [-0.39, 0.29) is 12.5 Å². The van der Waals surface area contributed by atoms with Crippen molar-refractivity contribution in [2.75, 3.05) is 6.54 Å². The van der Waals surface area contributed by atoms with Gasteiger partial charge in [-0.3, -0.25) is 9.59 Å². The molecule has 2 rings (SSSR count). The average Bonchev–Trinajstić information content (AvgIpc) is 2.86. The molecule has 0 saturated heterocycles. The zero-order valence-corrected chi connectivity index (χ0v) is 11.1. The second-order valence-corrected chi connectivity index (χ2v) is 4.48. The van der Waals surface area contributed by atoms with Crippen molar-refractivity contribution in [2.45, 2.75) is 19.8 Å². The maximum absolute atomic E-state index is 12.1. The van der Waals surface area contributed by atoms with Crippen molar-refractivity contribution in [1.82, 2.24) is 19.9 Å². The zero-order valence-electron chi connectivity index (χ0n) is 11.1. The molecule has 0 spiro atoms. The quantitative estimate of drug-likeness (QED) is 0.819. The summed E-state index contributed by atoms with van der Waals surface area (Å²) >= 11 is 0. The van der Waals surface area contributed by atoms with E-state index in [1.165, 1.54) is 10.7 Å². The van der Waals surface area contributed by atoms with E-state index in [9.17, 15) is 9.59 Å². The Hall–Kier alpha value is -2.44. The Kier molecular flexibility index (Phi) is 4.29. The molecule has 0 aliphatic carbocycles. The molecular weight excluding hydrogens is 260 g/mol. The summed E-state index contributed by atoms with van der Waals surface area (Å²) in [7, 11) is 0. The second-order valence-electron chi connectivity index (χ2n) is 4.48. The number of carboxylic acid groups (broad SMARTS) is 1. The molecule has 1 unspecified atom stereocenters. The molecule has 7 nitrogen and oxygen atoms in total. The van der Waals surface area contributed by atoms with Crippen LogP contribution < -0.4 is 5.32 Å². The van der Waals surface area contributed by atoms with Gasteiger partial charge >= 0.3 is 5.97 Å². The van der Waals surface area contributed by atoms with Crippen molar-refractivity contribution in [2.24, 2.45) is 5.92 Å². The summed E-state index contributed by atoms with van der Waals surface area (Å²) in [6.07, 6.45) is 5.97. The summed E-state index contributed by atoms with van der Waals surface area (Å²) in [5, 5.41) is 15.7. The Morgan fingerprint density at radius 3 is 3.00 bits per heavy atom. The van der Waals surface area contributed by atoms with Gasteiger partial charge in [0.1, 0.15) is 5.56 Å². The largest absolute Gasteiger partial charge is 0.481 e. The van der Waals surface area contributed by atoms with E-state index in [0.717, 1.165) is 6.42 Å². The topological polar surface area (TPSA) is 96.6 Å². The number of nitrogens with one attached hydrogen (secondary N) is 1. The summed E-state index contributed by atoms with van der Waals surface area (Å²) in [6, 6.07) is 1.71. The van der Waals surface area contributed by atoms with Crippen LogP contribution >= 0.6 is 0 Å². The van der Waals surface area contributed by atoms with Gasteiger partial charge in [0, 0.05) is 18.9 Å². The lowest BCUT2D eigenvalue weighted by atomic mass is 10.0. The van der Waals surface area contributed by atoms with Gasteiger partial charge in [0.2, 0.25) is 0 Å². The molecule has 2 N–H and O–H groups in total. The van der Waals surface area contributed by atoms with Gasteiger partial charge in [-0.1, -0.05) is 13.3 Å². The third kappa shape index (κ3) is 2.93. The molecule has 0 radical (unpaired) electrons. The van der Waals surface area contributed by atoms with Gasteiger partial charge in [0.15, 0.2) is 5.65 Å². The number of hydrogen-bond donors (Lipinski definition) is 2. The molecule has 2 aromatic rings.